The first kappa shape index (κ1) is 7.61. The molecule has 0 radical (unpaired) electrons. The highest BCUT2D eigenvalue weighted by Crippen LogP contribution is 2.18. The summed E-state index contributed by atoms with van der Waals surface area (Å²) in [6.45, 7) is 0. The molecule has 0 aromatic heterocycles. The fourth-order valence-corrected chi connectivity index (χ4v) is 0.857. The van der Waals surface area contributed by atoms with Gasteiger partial charge in [0.2, 0.25) is 0 Å². The van der Waals surface area contributed by atoms with E-state index < -0.39 is 12.1 Å². The fraction of sp³-hybridized carbons (Fsp3) is 0.429. The second kappa shape index (κ2) is 3.06. The number of ether oxygens (including phenoxy) is 2. The highest BCUT2D eigenvalue weighted by Gasteiger charge is 2.26. The van der Waals surface area contributed by atoms with Gasteiger partial charge in [0, 0.05) is 0 Å². The minimum absolute atomic E-state index is 0.144. The molecule has 0 aromatic carbocycles. The number of rotatable bonds is 2. The highest BCUT2D eigenvalue weighted by molar-refractivity contribution is 5.85. The monoisotopic (exact) mass is 153 g/mol. The van der Waals surface area contributed by atoms with E-state index in [1.165, 1.54) is 13.2 Å². The molecular weight excluding hydrogens is 146 g/mol. The number of nitrogens with zero attached hydrogens (tertiary/aromatic N) is 1. The van der Waals surface area contributed by atoms with Gasteiger partial charge in [-0.2, -0.15) is 5.26 Å². The first-order valence-electron chi connectivity index (χ1n) is 3.11. The van der Waals surface area contributed by atoms with Gasteiger partial charge in [-0.25, -0.2) is 4.79 Å². The number of carbonyl (C=O) groups is 1. The van der Waals surface area contributed by atoms with E-state index in [2.05, 4.69) is 0 Å². The summed E-state index contributed by atoms with van der Waals surface area (Å²) in [6.07, 6.45) is 0.894. The molecule has 0 aromatic rings. The van der Waals surface area contributed by atoms with E-state index >= 15 is 0 Å². The van der Waals surface area contributed by atoms with Crippen molar-refractivity contribution in [2.24, 2.45) is 0 Å². The van der Waals surface area contributed by atoms with Gasteiger partial charge in [-0.05, 0) is 0 Å². The third-order valence-electron chi connectivity index (χ3n) is 1.35. The largest absolute Gasteiger partial charge is 0.497 e. The summed E-state index contributed by atoms with van der Waals surface area (Å²) in [7, 11) is 1.44. The number of esters is 1. The zero-order chi connectivity index (χ0) is 8.27. The van der Waals surface area contributed by atoms with Gasteiger partial charge in [0.15, 0.2) is 6.10 Å². The molecule has 0 saturated carbocycles. The van der Waals surface area contributed by atoms with Gasteiger partial charge in [0.1, 0.15) is 5.76 Å². The zero-order valence-electron chi connectivity index (χ0n) is 6.03. The van der Waals surface area contributed by atoms with Crippen molar-refractivity contribution < 1.29 is 14.3 Å². The Morgan fingerprint density at radius 1 is 1.91 bits per heavy atom. The molecule has 4 heteroatoms. The Morgan fingerprint density at radius 3 is 3.18 bits per heavy atom. The SMILES string of the molecule is COC1=CC(=O)O[C@@H]1CC#N. The van der Waals surface area contributed by atoms with Gasteiger partial charge in [0.25, 0.3) is 0 Å². The van der Waals surface area contributed by atoms with Crippen LogP contribution < -0.4 is 0 Å². The van der Waals surface area contributed by atoms with Gasteiger partial charge in [0.05, 0.1) is 25.7 Å². The second-order valence-corrected chi connectivity index (χ2v) is 2.04. The van der Waals surface area contributed by atoms with Crippen LogP contribution in [0.5, 0.6) is 0 Å². The maximum Gasteiger partial charge on any atom is 0.335 e. The maximum atomic E-state index is 10.6. The Hall–Kier alpha value is -1.50. The standard InChI is InChI=1S/C7H7NO3/c1-10-6-4-7(9)11-5(6)2-3-8/h4-5H,2H2,1H3/t5-/m1/s1. The molecule has 58 valence electrons. The summed E-state index contributed by atoms with van der Waals surface area (Å²) in [5.41, 5.74) is 0. The van der Waals surface area contributed by atoms with Crippen molar-refractivity contribution in [2.75, 3.05) is 7.11 Å². The average Bonchev–Trinajstić information content (AvgIpc) is 2.32. The lowest BCUT2D eigenvalue weighted by atomic mass is 10.2. The Morgan fingerprint density at radius 2 is 2.64 bits per heavy atom. The van der Waals surface area contributed by atoms with E-state index in [9.17, 15) is 4.79 Å². The minimum Gasteiger partial charge on any atom is -0.497 e. The predicted octanol–water partition coefficient (Wildman–Crippen LogP) is 0.356. The van der Waals surface area contributed by atoms with Gasteiger partial charge >= 0.3 is 5.97 Å². The van der Waals surface area contributed by atoms with E-state index in [1.807, 2.05) is 6.07 Å². The van der Waals surface area contributed by atoms with E-state index in [4.69, 9.17) is 14.7 Å². The van der Waals surface area contributed by atoms with Crippen molar-refractivity contribution in [3.8, 4) is 6.07 Å². The van der Waals surface area contributed by atoms with E-state index in [-0.39, 0.29) is 6.42 Å². The molecule has 4 nitrogen and oxygen atoms in total. The molecule has 0 spiro atoms. The van der Waals surface area contributed by atoms with E-state index in [0.29, 0.717) is 5.76 Å². The van der Waals surface area contributed by atoms with Crippen molar-refractivity contribution >= 4 is 5.97 Å². The molecule has 0 fully saturated rings. The van der Waals surface area contributed by atoms with Crippen molar-refractivity contribution in [3.63, 3.8) is 0 Å². The number of carbonyl (C=O) groups excluding carboxylic acids is 1. The van der Waals surface area contributed by atoms with Crippen LogP contribution in [0.3, 0.4) is 0 Å². The Balaban J connectivity index is 2.65. The van der Waals surface area contributed by atoms with Crippen LogP contribution in [0.1, 0.15) is 6.42 Å². The van der Waals surface area contributed by atoms with Gasteiger partial charge in [-0.15, -0.1) is 0 Å². The van der Waals surface area contributed by atoms with E-state index in [0.717, 1.165) is 0 Å². The molecule has 1 atom stereocenters. The molecule has 11 heavy (non-hydrogen) atoms. The molecule has 0 N–H and O–H groups in total. The van der Waals surface area contributed by atoms with Crippen molar-refractivity contribution in [1.82, 2.24) is 0 Å². The molecule has 0 amide bonds. The van der Waals surface area contributed by atoms with Crippen LogP contribution in [-0.4, -0.2) is 19.2 Å². The number of methoxy groups -OCH3 is 1. The summed E-state index contributed by atoms with van der Waals surface area (Å²) in [5.74, 6) is -0.0151. The van der Waals surface area contributed by atoms with Crippen LogP contribution in [0.15, 0.2) is 11.8 Å². The fourth-order valence-electron chi connectivity index (χ4n) is 0.857. The number of nitriles is 1. The molecule has 1 aliphatic rings. The maximum absolute atomic E-state index is 10.6. The first-order chi connectivity index (χ1) is 5.27. The molecule has 0 unspecified atom stereocenters. The van der Waals surface area contributed by atoms with Crippen LogP contribution in [0.25, 0.3) is 0 Å². The smallest absolute Gasteiger partial charge is 0.335 e. The van der Waals surface area contributed by atoms with Crippen LogP contribution in [0, 0.1) is 11.3 Å². The van der Waals surface area contributed by atoms with Gasteiger partial charge in [-0.1, -0.05) is 0 Å². The van der Waals surface area contributed by atoms with Crippen molar-refractivity contribution in [2.45, 2.75) is 12.5 Å². The van der Waals surface area contributed by atoms with Gasteiger partial charge < -0.3 is 9.47 Å². The molecule has 0 aliphatic carbocycles. The third kappa shape index (κ3) is 1.49. The van der Waals surface area contributed by atoms with Crippen LogP contribution >= 0.6 is 0 Å². The third-order valence-corrected chi connectivity index (χ3v) is 1.35. The lowest BCUT2D eigenvalue weighted by molar-refractivity contribution is -0.139. The topological polar surface area (TPSA) is 59.3 Å². The molecule has 1 aliphatic heterocycles. The molecule has 0 bridgehead atoms. The lowest BCUT2D eigenvalue weighted by Gasteiger charge is -2.07. The summed E-state index contributed by atoms with van der Waals surface area (Å²) in [6, 6.07) is 1.90. The van der Waals surface area contributed by atoms with Crippen LogP contribution in [-0.2, 0) is 14.3 Å². The number of hydrogen-bond donors (Lipinski definition) is 0. The lowest BCUT2D eigenvalue weighted by Crippen LogP contribution is -2.11. The predicted molar refractivity (Wildman–Crippen MR) is 35.2 cm³/mol. The molecule has 0 saturated heterocycles. The first-order valence-corrected chi connectivity index (χ1v) is 3.11. The number of cyclic esters (lactones) is 1. The Labute approximate surface area is 64.0 Å². The van der Waals surface area contributed by atoms with Crippen molar-refractivity contribution in [1.29, 1.82) is 5.26 Å². The average molecular weight is 153 g/mol. The number of hydrogen-bond acceptors (Lipinski definition) is 4. The second-order valence-electron chi connectivity index (χ2n) is 2.04. The van der Waals surface area contributed by atoms with Crippen molar-refractivity contribution in [3.05, 3.63) is 11.8 Å². The molecule has 1 heterocycles. The minimum atomic E-state index is -0.502. The van der Waals surface area contributed by atoms with Crippen LogP contribution in [0.2, 0.25) is 0 Å². The normalized spacial score (nSPS) is 22.0. The Bertz CT molecular complexity index is 239. The van der Waals surface area contributed by atoms with Crippen LogP contribution in [0.4, 0.5) is 0 Å². The van der Waals surface area contributed by atoms with E-state index in [1.54, 1.807) is 0 Å². The summed E-state index contributed by atoms with van der Waals surface area (Å²) in [5, 5.41) is 8.30. The summed E-state index contributed by atoms with van der Waals surface area (Å²) in [4.78, 5) is 10.6. The highest BCUT2D eigenvalue weighted by atomic mass is 16.6. The van der Waals surface area contributed by atoms with Gasteiger partial charge in [-0.3, -0.25) is 0 Å². The zero-order valence-corrected chi connectivity index (χ0v) is 6.03. The molecular formula is C7H7NO3. The summed E-state index contributed by atoms with van der Waals surface area (Å²) >= 11 is 0. The summed E-state index contributed by atoms with van der Waals surface area (Å²) < 4.78 is 9.54. The molecule has 1 rings (SSSR count). The quantitative estimate of drug-likeness (QED) is 0.537. The Kier molecular flexibility index (Phi) is 2.12.